The van der Waals surface area contributed by atoms with E-state index in [4.69, 9.17) is 23.2 Å². The third-order valence-corrected chi connectivity index (χ3v) is 7.56. The zero-order valence-corrected chi connectivity index (χ0v) is 20.6. The summed E-state index contributed by atoms with van der Waals surface area (Å²) >= 11 is 12.1. The van der Waals surface area contributed by atoms with Crippen LogP contribution >= 0.6 is 23.2 Å². The first kappa shape index (κ1) is 23.8. The summed E-state index contributed by atoms with van der Waals surface area (Å²) in [5.74, 6) is -2.35. The highest BCUT2D eigenvalue weighted by Gasteiger charge is 2.38. The molecule has 1 unspecified atom stereocenters. The van der Waals surface area contributed by atoms with Crippen molar-refractivity contribution in [2.75, 3.05) is 6.54 Å². The molecule has 0 fully saturated rings. The monoisotopic (exact) mass is 518 g/mol. The van der Waals surface area contributed by atoms with Gasteiger partial charge in [-0.25, -0.2) is 8.78 Å². The van der Waals surface area contributed by atoms with Crippen molar-refractivity contribution >= 4 is 35.0 Å². The van der Waals surface area contributed by atoms with E-state index in [1.54, 1.807) is 33.5 Å². The van der Waals surface area contributed by atoms with Crippen LogP contribution in [0.25, 0.3) is 0 Å². The molecular weight excluding hydrogens is 497 g/mol. The number of nitrogens with zero attached hydrogens (tertiary/aromatic N) is 4. The standard InChI is InChI=1S/C25H22Cl2F2N4O2/c1-13-9-22-17(12-32(13)24(34)16-3-5-18(26)19(27)10-16)23-25(35)31(7-8-33(23)30-22)14(2)15-4-6-20(28)21(29)11-15/h3-6,10-11,13-14H,7-9,12H2,1-2H3/t13-,14?/m1/s1. The maximum Gasteiger partial charge on any atom is 0.273 e. The molecule has 2 amide bonds. The molecule has 0 saturated carbocycles. The van der Waals surface area contributed by atoms with Crippen LogP contribution < -0.4 is 0 Å². The van der Waals surface area contributed by atoms with Gasteiger partial charge in [0.1, 0.15) is 5.69 Å². The van der Waals surface area contributed by atoms with E-state index >= 15 is 0 Å². The highest BCUT2D eigenvalue weighted by molar-refractivity contribution is 6.42. The zero-order valence-electron chi connectivity index (χ0n) is 19.1. The first-order valence-corrected chi connectivity index (χ1v) is 12.0. The van der Waals surface area contributed by atoms with E-state index in [2.05, 4.69) is 5.10 Å². The van der Waals surface area contributed by atoms with Gasteiger partial charge < -0.3 is 9.80 Å². The number of aromatic nitrogens is 2. The van der Waals surface area contributed by atoms with Crippen molar-refractivity contribution < 1.29 is 18.4 Å². The molecule has 6 nitrogen and oxygen atoms in total. The number of fused-ring (bicyclic) bond motifs is 3. The molecule has 2 aromatic carbocycles. The summed E-state index contributed by atoms with van der Waals surface area (Å²) < 4.78 is 28.9. The van der Waals surface area contributed by atoms with Gasteiger partial charge >= 0.3 is 0 Å². The normalized spacial score (nSPS) is 18.3. The summed E-state index contributed by atoms with van der Waals surface area (Å²) in [6.07, 6.45) is 0.508. The van der Waals surface area contributed by atoms with Gasteiger partial charge in [-0.2, -0.15) is 5.10 Å². The Bertz CT molecular complexity index is 1360. The van der Waals surface area contributed by atoms with Gasteiger partial charge in [0.05, 0.1) is 34.9 Å². The highest BCUT2D eigenvalue weighted by atomic mass is 35.5. The number of carbonyl (C=O) groups is 2. The summed E-state index contributed by atoms with van der Waals surface area (Å²) in [4.78, 5) is 30.2. The summed E-state index contributed by atoms with van der Waals surface area (Å²) in [5, 5.41) is 5.32. The lowest BCUT2D eigenvalue weighted by Crippen LogP contribution is -2.44. The van der Waals surface area contributed by atoms with Crippen LogP contribution in [0.2, 0.25) is 10.0 Å². The van der Waals surface area contributed by atoms with E-state index in [1.165, 1.54) is 12.1 Å². The Morgan fingerprint density at radius 1 is 1.09 bits per heavy atom. The van der Waals surface area contributed by atoms with Crippen LogP contribution in [0.5, 0.6) is 0 Å². The van der Waals surface area contributed by atoms with Crippen LogP contribution in [0.4, 0.5) is 8.78 Å². The van der Waals surface area contributed by atoms with Crippen molar-refractivity contribution in [2.45, 2.75) is 45.4 Å². The average Bonchev–Trinajstić information content (AvgIpc) is 3.19. The predicted molar refractivity (Wildman–Crippen MR) is 128 cm³/mol. The van der Waals surface area contributed by atoms with Gasteiger partial charge in [0.25, 0.3) is 11.8 Å². The quantitative estimate of drug-likeness (QED) is 0.474. The highest BCUT2D eigenvalue weighted by Crippen LogP contribution is 2.33. The smallest absolute Gasteiger partial charge is 0.273 e. The van der Waals surface area contributed by atoms with Crippen molar-refractivity contribution in [3.05, 3.63) is 86.2 Å². The summed E-state index contributed by atoms with van der Waals surface area (Å²) in [6.45, 7) is 4.80. The average molecular weight is 519 g/mol. The molecule has 35 heavy (non-hydrogen) atoms. The Balaban J connectivity index is 1.45. The van der Waals surface area contributed by atoms with E-state index in [-0.39, 0.29) is 24.4 Å². The second kappa shape index (κ2) is 8.91. The van der Waals surface area contributed by atoms with Crippen molar-refractivity contribution in [1.82, 2.24) is 19.6 Å². The number of hydrogen-bond donors (Lipinski definition) is 0. The lowest BCUT2D eigenvalue weighted by molar-refractivity contribution is 0.0604. The van der Waals surface area contributed by atoms with Crippen LogP contribution in [-0.2, 0) is 19.5 Å². The lowest BCUT2D eigenvalue weighted by Gasteiger charge is -2.35. The Morgan fingerprint density at radius 2 is 1.86 bits per heavy atom. The van der Waals surface area contributed by atoms with E-state index in [1.807, 2.05) is 6.92 Å². The SMILES string of the molecule is CC(c1ccc(F)c(F)c1)N1CCn2nc3c(c2C1=O)CN(C(=O)c1ccc(Cl)c(Cl)c1)[C@H](C)C3. The largest absolute Gasteiger partial charge is 0.331 e. The summed E-state index contributed by atoms with van der Waals surface area (Å²) in [7, 11) is 0. The van der Waals surface area contributed by atoms with Crippen molar-refractivity contribution in [3.8, 4) is 0 Å². The zero-order chi connectivity index (χ0) is 25.0. The maximum absolute atomic E-state index is 13.8. The first-order chi connectivity index (χ1) is 16.7. The van der Waals surface area contributed by atoms with Gasteiger partial charge in [-0.1, -0.05) is 29.3 Å². The van der Waals surface area contributed by atoms with Crippen molar-refractivity contribution in [2.24, 2.45) is 0 Å². The lowest BCUT2D eigenvalue weighted by atomic mass is 9.97. The third-order valence-electron chi connectivity index (χ3n) is 6.82. The van der Waals surface area contributed by atoms with Gasteiger partial charge in [0.15, 0.2) is 11.6 Å². The maximum atomic E-state index is 13.8. The molecule has 5 rings (SSSR count). The summed E-state index contributed by atoms with van der Waals surface area (Å²) in [6, 6.07) is 7.82. The molecule has 0 radical (unpaired) electrons. The molecule has 0 aliphatic carbocycles. The molecule has 0 bridgehead atoms. The van der Waals surface area contributed by atoms with Gasteiger partial charge in [-0.15, -0.1) is 0 Å². The molecular formula is C25H22Cl2F2N4O2. The Kier molecular flexibility index (Phi) is 6.05. The molecule has 0 N–H and O–H groups in total. The minimum absolute atomic E-state index is 0.131. The molecule has 1 aromatic heterocycles. The van der Waals surface area contributed by atoms with Gasteiger partial charge in [0.2, 0.25) is 0 Å². The fraction of sp³-hybridized carbons (Fsp3) is 0.320. The molecule has 2 aliphatic heterocycles. The first-order valence-electron chi connectivity index (χ1n) is 11.3. The number of benzene rings is 2. The Hall–Kier alpha value is -2.97. The fourth-order valence-corrected chi connectivity index (χ4v) is 5.12. The number of carbonyl (C=O) groups excluding carboxylic acids is 2. The van der Waals surface area contributed by atoms with Gasteiger partial charge in [-0.3, -0.25) is 14.3 Å². The summed E-state index contributed by atoms with van der Waals surface area (Å²) in [5.41, 5.74) is 2.85. The van der Waals surface area contributed by atoms with Crippen LogP contribution in [-0.4, -0.2) is 44.0 Å². The van der Waals surface area contributed by atoms with E-state index < -0.39 is 17.7 Å². The molecule has 2 atom stereocenters. The van der Waals surface area contributed by atoms with Crippen molar-refractivity contribution in [3.63, 3.8) is 0 Å². The second-order valence-electron chi connectivity index (χ2n) is 8.96. The van der Waals surface area contributed by atoms with Crippen LogP contribution in [0.15, 0.2) is 36.4 Å². The van der Waals surface area contributed by atoms with Gasteiger partial charge in [-0.05, 0) is 49.7 Å². The topological polar surface area (TPSA) is 58.4 Å². The van der Waals surface area contributed by atoms with Crippen LogP contribution in [0.1, 0.15) is 57.6 Å². The van der Waals surface area contributed by atoms with Gasteiger partial charge in [0, 0.05) is 30.1 Å². The number of halogens is 4. The number of hydrogen-bond acceptors (Lipinski definition) is 3. The van der Waals surface area contributed by atoms with Crippen molar-refractivity contribution in [1.29, 1.82) is 0 Å². The third kappa shape index (κ3) is 4.08. The second-order valence-corrected chi connectivity index (χ2v) is 9.77. The minimum Gasteiger partial charge on any atom is -0.331 e. The Morgan fingerprint density at radius 3 is 2.57 bits per heavy atom. The number of amides is 2. The molecule has 182 valence electrons. The van der Waals surface area contributed by atoms with E-state index in [0.717, 1.165) is 17.8 Å². The van der Waals surface area contributed by atoms with E-state index in [9.17, 15) is 18.4 Å². The van der Waals surface area contributed by atoms with E-state index in [0.29, 0.717) is 51.9 Å². The van der Waals surface area contributed by atoms with Crippen LogP contribution in [0, 0.1) is 11.6 Å². The Labute approximate surface area is 211 Å². The predicted octanol–water partition coefficient (Wildman–Crippen LogP) is 5.27. The van der Waals surface area contributed by atoms with Crippen LogP contribution in [0.3, 0.4) is 0 Å². The fourth-order valence-electron chi connectivity index (χ4n) is 4.82. The molecule has 2 aliphatic rings. The molecule has 0 saturated heterocycles. The molecule has 0 spiro atoms. The molecule has 3 heterocycles. The number of rotatable bonds is 3. The minimum atomic E-state index is -0.952. The molecule has 10 heteroatoms. The molecule has 3 aromatic rings.